The lowest BCUT2D eigenvalue weighted by atomic mass is 9.90. The lowest BCUT2D eigenvalue weighted by molar-refractivity contribution is 0.0670. The summed E-state index contributed by atoms with van der Waals surface area (Å²) in [6.07, 6.45) is 3.43. The Morgan fingerprint density at radius 2 is 2.32 bits per heavy atom. The Balaban J connectivity index is 2.19. The topological polar surface area (TPSA) is 40.5 Å². The van der Waals surface area contributed by atoms with Gasteiger partial charge in [0.2, 0.25) is 0 Å². The van der Waals surface area contributed by atoms with Crippen molar-refractivity contribution in [1.29, 1.82) is 0 Å². The zero-order chi connectivity index (χ0) is 14.0. The molecule has 1 unspecified atom stereocenters. The average molecular weight is 281 g/mol. The highest BCUT2D eigenvalue weighted by atomic mass is 32.1. The second kappa shape index (κ2) is 6.06. The molecule has 106 valence electrons. The Kier molecular flexibility index (Phi) is 4.63. The van der Waals surface area contributed by atoms with Gasteiger partial charge in [0.25, 0.3) is 5.91 Å². The molecule has 0 aliphatic heterocycles. The fourth-order valence-corrected chi connectivity index (χ4v) is 3.82. The summed E-state index contributed by atoms with van der Waals surface area (Å²) in [7, 11) is 0. The quantitative estimate of drug-likeness (QED) is 0.922. The molecule has 0 saturated heterocycles. The van der Waals surface area contributed by atoms with Crippen LogP contribution < -0.4 is 0 Å². The molecule has 1 aliphatic carbocycles. The number of aryl methyl sites for hydroxylation is 1. The van der Waals surface area contributed by atoms with Gasteiger partial charge < -0.3 is 10.0 Å². The van der Waals surface area contributed by atoms with Gasteiger partial charge in [-0.25, -0.2) is 0 Å². The van der Waals surface area contributed by atoms with Crippen molar-refractivity contribution < 1.29 is 9.90 Å². The van der Waals surface area contributed by atoms with Gasteiger partial charge in [0.05, 0.1) is 11.5 Å². The van der Waals surface area contributed by atoms with Crippen molar-refractivity contribution >= 4 is 17.2 Å². The van der Waals surface area contributed by atoms with Crippen LogP contribution in [0.1, 0.15) is 47.3 Å². The maximum Gasteiger partial charge on any atom is 0.264 e. The number of fused-ring (bicyclic) bond motifs is 1. The summed E-state index contributed by atoms with van der Waals surface area (Å²) in [5.74, 6) is 0.791. The van der Waals surface area contributed by atoms with Gasteiger partial charge in [-0.3, -0.25) is 4.79 Å². The van der Waals surface area contributed by atoms with Gasteiger partial charge in [-0.15, -0.1) is 11.3 Å². The van der Waals surface area contributed by atoms with Gasteiger partial charge in [-0.05, 0) is 50.7 Å². The first-order valence-corrected chi connectivity index (χ1v) is 7.88. The van der Waals surface area contributed by atoms with Crippen LogP contribution in [0.15, 0.2) is 6.07 Å². The first-order chi connectivity index (χ1) is 9.02. The third-order valence-electron chi connectivity index (χ3n) is 3.77. The van der Waals surface area contributed by atoms with E-state index in [1.165, 1.54) is 16.9 Å². The molecule has 0 saturated carbocycles. The minimum Gasteiger partial charge on any atom is -0.395 e. The van der Waals surface area contributed by atoms with Crippen LogP contribution in [0.4, 0.5) is 0 Å². The molecule has 1 aromatic rings. The Morgan fingerprint density at radius 3 is 2.95 bits per heavy atom. The van der Waals surface area contributed by atoms with Crippen LogP contribution in [-0.4, -0.2) is 35.1 Å². The van der Waals surface area contributed by atoms with Crippen LogP contribution in [0, 0.1) is 5.92 Å². The smallest absolute Gasteiger partial charge is 0.264 e. The molecule has 1 amide bonds. The van der Waals surface area contributed by atoms with Gasteiger partial charge in [-0.2, -0.15) is 0 Å². The number of carbonyl (C=O) groups excluding carboxylic acids is 1. The standard InChI is InChI=1S/C15H23NO2S/c1-10(2)16(6-7-17)15(18)14-9-12-8-11(3)4-5-13(12)19-14/h9-11,17H,4-8H2,1-3H3. The fourth-order valence-electron chi connectivity index (χ4n) is 2.65. The molecule has 1 atom stereocenters. The monoisotopic (exact) mass is 281 g/mol. The summed E-state index contributed by atoms with van der Waals surface area (Å²) in [6.45, 7) is 6.68. The van der Waals surface area contributed by atoms with Gasteiger partial charge in [0, 0.05) is 17.5 Å². The second-order valence-electron chi connectivity index (χ2n) is 5.72. The van der Waals surface area contributed by atoms with Crippen molar-refractivity contribution in [1.82, 2.24) is 4.90 Å². The Bertz CT molecular complexity index is 453. The number of carbonyl (C=O) groups is 1. The van der Waals surface area contributed by atoms with Crippen molar-refractivity contribution in [3.63, 3.8) is 0 Å². The van der Waals surface area contributed by atoms with Crippen molar-refractivity contribution in [2.45, 2.75) is 46.1 Å². The average Bonchev–Trinajstić information content (AvgIpc) is 2.77. The number of thiophene rings is 1. The van der Waals surface area contributed by atoms with Crippen LogP contribution in [0.2, 0.25) is 0 Å². The van der Waals surface area contributed by atoms with Crippen molar-refractivity contribution in [3.05, 3.63) is 21.4 Å². The first-order valence-electron chi connectivity index (χ1n) is 7.06. The number of aliphatic hydroxyl groups excluding tert-OH is 1. The fraction of sp³-hybridized carbons (Fsp3) is 0.667. The minimum absolute atomic E-state index is 0.0199. The predicted octanol–water partition coefficient (Wildman–Crippen LogP) is 2.72. The van der Waals surface area contributed by atoms with E-state index < -0.39 is 0 Å². The molecule has 4 heteroatoms. The van der Waals surface area contributed by atoms with E-state index in [0.717, 1.165) is 23.6 Å². The second-order valence-corrected chi connectivity index (χ2v) is 6.86. The summed E-state index contributed by atoms with van der Waals surface area (Å²) in [5.41, 5.74) is 1.36. The number of rotatable bonds is 4. The number of hydrogen-bond donors (Lipinski definition) is 1. The minimum atomic E-state index is 0.0199. The molecule has 0 bridgehead atoms. The molecule has 0 spiro atoms. The lowest BCUT2D eigenvalue weighted by Crippen LogP contribution is -2.38. The molecular formula is C15H23NO2S. The molecule has 19 heavy (non-hydrogen) atoms. The molecule has 3 nitrogen and oxygen atoms in total. The van der Waals surface area contributed by atoms with E-state index in [-0.39, 0.29) is 18.6 Å². The molecule has 1 heterocycles. The van der Waals surface area contributed by atoms with E-state index >= 15 is 0 Å². The maximum atomic E-state index is 12.5. The Labute approximate surface area is 119 Å². The van der Waals surface area contributed by atoms with Gasteiger partial charge in [0.1, 0.15) is 0 Å². The molecule has 0 fully saturated rings. The highest BCUT2D eigenvalue weighted by molar-refractivity contribution is 7.14. The number of nitrogens with zero attached hydrogens (tertiary/aromatic N) is 1. The van der Waals surface area contributed by atoms with Gasteiger partial charge in [0.15, 0.2) is 0 Å². The summed E-state index contributed by atoms with van der Waals surface area (Å²) < 4.78 is 0. The van der Waals surface area contributed by atoms with E-state index in [4.69, 9.17) is 5.11 Å². The van der Waals surface area contributed by atoms with Crippen LogP contribution >= 0.6 is 11.3 Å². The summed E-state index contributed by atoms with van der Waals surface area (Å²) >= 11 is 1.64. The third-order valence-corrected chi connectivity index (χ3v) is 4.99. The zero-order valence-electron chi connectivity index (χ0n) is 12.0. The van der Waals surface area contributed by atoms with E-state index in [1.54, 1.807) is 16.2 Å². The highest BCUT2D eigenvalue weighted by Gasteiger charge is 2.24. The van der Waals surface area contributed by atoms with Crippen LogP contribution in [-0.2, 0) is 12.8 Å². The highest BCUT2D eigenvalue weighted by Crippen LogP contribution is 2.32. The SMILES string of the molecule is CC1CCc2sc(C(=O)N(CCO)C(C)C)cc2C1. The number of hydrogen-bond acceptors (Lipinski definition) is 3. The molecule has 0 aromatic carbocycles. The molecule has 1 N–H and O–H groups in total. The molecule has 1 aromatic heterocycles. The maximum absolute atomic E-state index is 12.5. The summed E-state index contributed by atoms with van der Waals surface area (Å²) in [5, 5.41) is 9.09. The van der Waals surface area contributed by atoms with Crippen molar-refractivity contribution in [2.24, 2.45) is 5.92 Å². The molecule has 1 aliphatic rings. The molecular weight excluding hydrogens is 258 g/mol. The predicted molar refractivity (Wildman–Crippen MR) is 78.8 cm³/mol. The molecule has 0 radical (unpaired) electrons. The normalized spacial score (nSPS) is 18.5. The summed E-state index contributed by atoms with van der Waals surface area (Å²) in [6, 6.07) is 2.20. The Morgan fingerprint density at radius 1 is 1.58 bits per heavy atom. The van der Waals surface area contributed by atoms with Crippen LogP contribution in [0.5, 0.6) is 0 Å². The number of aliphatic hydroxyl groups is 1. The van der Waals surface area contributed by atoms with Gasteiger partial charge >= 0.3 is 0 Å². The van der Waals surface area contributed by atoms with Crippen LogP contribution in [0.25, 0.3) is 0 Å². The molecule has 2 rings (SSSR count). The zero-order valence-corrected chi connectivity index (χ0v) is 12.8. The van der Waals surface area contributed by atoms with E-state index in [9.17, 15) is 4.79 Å². The third kappa shape index (κ3) is 3.18. The largest absolute Gasteiger partial charge is 0.395 e. The van der Waals surface area contributed by atoms with E-state index in [2.05, 4.69) is 13.0 Å². The summed E-state index contributed by atoms with van der Waals surface area (Å²) in [4.78, 5) is 16.5. The van der Waals surface area contributed by atoms with Crippen molar-refractivity contribution in [2.75, 3.05) is 13.2 Å². The number of amides is 1. The first kappa shape index (κ1) is 14.5. The lowest BCUT2D eigenvalue weighted by Gasteiger charge is -2.25. The van der Waals surface area contributed by atoms with E-state index in [1.807, 2.05) is 13.8 Å². The van der Waals surface area contributed by atoms with Crippen LogP contribution in [0.3, 0.4) is 0 Å². The van der Waals surface area contributed by atoms with Gasteiger partial charge in [-0.1, -0.05) is 6.92 Å². The van der Waals surface area contributed by atoms with Crippen molar-refractivity contribution in [3.8, 4) is 0 Å². The Hall–Kier alpha value is -0.870. The van der Waals surface area contributed by atoms with E-state index in [0.29, 0.717) is 6.54 Å².